The first-order chi connectivity index (χ1) is 17.1. The first-order valence-electron chi connectivity index (χ1n) is 11.1. The summed E-state index contributed by atoms with van der Waals surface area (Å²) in [5.74, 6) is 0.282. The van der Waals surface area contributed by atoms with Gasteiger partial charge in [0.1, 0.15) is 11.8 Å². The van der Waals surface area contributed by atoms with E-state index in [4.69, 9.17) is 9.47 Å². The summed E-state index contributed by atoms with van der Waals surface area (Å²) in [5.41, 5.74) is 3.13. The summed E-state index contributed by atoms with van der Waals surface area (Å²) in [5, 5.41) is 1.46. The molecule has 3 aromatic carbocycles. The number of aromatic nitrogens is 2. The van der Waals surface area contributed by atoms with E-state index in [0.717, 1.165) is 22.8 Å². The number of ether oxygens (including phenoxy) is 2. The zero-order valence-corrected chi connectivity index (χ0v) is 19.0. The van der Waals surface area contributed by atoms with E-state index in [2.05, 4.69) is 0 Å². The van der Waals surface area contributed by atoms with Crippen LogP contribution < -0.4 is 10.3 Å². The quantitative estimate of drug-likeness (QED) is 0.200. The summed E-state index contributed by atoms with van der Waals surface area (Å²) in [4.78, 5) is 37.5. The number of para-hydroxylation sites is 1. The van der Waals surface area contributed by atoms with Crippen LogP contribution in [0.1, 0.15) is 5.56 Å². The predicted molar refractivity (Wildman–Crippen MR) is 134 cm³/mol. The molecule has 7 heteroatoms. The Hall–Kier alpha value is -4.65. The van der Waals surface area contributed by atoms with E-state index >= 15 is 0 Å². The SMILES string of the molecule is COC(=O)Oc1cccc2c3cc(-c4ccccc4)n(CC=O)c(=O)c3n(Cc3ccccc3)c12. The molecule has 0 aliphatic rings. The van der Waals surface area contributed by atoms with Crippen molar-refractivity contribution < 1.29 is 19.1 Å². The van der Waals surface area contributed by atoms with Gasteiger partial charge in [-0.15, -0.1) is 0 Å². The fraction of sp³-hybridized carbons (Fsp3) is 0.107. The Bertz CT molecular complexity index is 1600. The molecule has 0 saturated carbocycles. The van der Waals surface area contributed by atoms with Gasteiger partial charge in [0, 0.05) is 17.3 Å². The lowest BCUT2D eigenvalue weighted by molar-refractivity contribution is -0.108. The topological polar surface area (TPSA) is 79.5 Å². The molecule has 0 aliphatic heterocycles. The number of aldehydes is 1. The Labute approximate surface area is 200 Å². The van der Waals surface area contributed by atoms with Gasteiger partial charge in [-0.05, 0) is 23.3 Å². The second kappa shape index (κ2) is 9.30. The maximum atomic E-state index is 13.9. The largest absolute Gasteiger partial charge is 0.513 e. The highest BCUT2D eigenvalue weighted by Gasteiger charge is 2.22. The van der Waals surface area contributed by atoms with Crippen molar-refractivity contribution in [2.24, 2.45) is 0 Å². The molecule has 5 rings (SSSR count). The number of pyridine rings is 1. The van der Waals surface area contributed by atoms with Gasteiger partial charge in [0.05, 0.1) is 24.9 Å². The molecule has 174 valence electrons. The molecule has 0 radical (unpaired) electrons. The van der Waals surface area contributed by atoms with Crippen molar-refractivity contribution in [3.05, 3.63) is 101 Å². The molecule has 0 fully saturated rings. The highest BCUT2D eigenvalue weighted by atomic mass is 16.7. The molecule has 2 aromatic heterocycles. The fourth-order valence-corrected chi connectivity index (χ4v) is 4.47. The van der Waals surface area contributed by atoms with Crippen LogP contribution in [-0.4, -0.2) is 28.7 Å². The molecule has 0 amide bonds. The number of nitrogens with zero attached hydrogens (tertiary/aromatic N) is 2. The van der Waals surface area contributed by atoms with Gasteiger partial charge < -0.3 is 18.8 Å². The second-order valence-electron chi connectivity index (χ2n) is 8.02. The average Bonchev–Trinajstić information content (AvgIpc) is 3.21. The number of hydrogen-bond donors (Lipinski definition) is 0. The minimum Gasteiger partial charge on any atom is -0.437 e. The first-order valence-corrected chi connectivity index (χ1v) is 11.1. The summed E-state index contributed by atoms with van der Waals surface area (Å²) < 4.78 is 13.5. The van der Waals surface area contributed by atoms with E-state index in [9.17, 15) is 14.4 Å². The lowest BCUT2D eigenvalue weighted by Gasteiger charge is -2.13. The summed E-state index contributed by atoms with van der Waals surface area (Å²) in [7, 11) is 1.24. The van der Waals surface area contributed by atoms with Gasteiger partial charge in [-0.25, -0.2) is 4.79 Å². The smallest absolute Gasteiger partial charge is 0.437 e. The minimum absolute atomic E-state index is 0.0859. The first kappa shape index (κ1) is 22.2. The van der Waals surface area contributed by atoms with Gasteiger partial charge in [-0.2, -0.15) is 0 Å². The van der Waals surface area contributed by atoms with Crippen molar-refractivity contribution in [2.45, 2.75) is 13.1 Å². The lowest BCUT2D eigenvalue weighted by Crippen LogP contribution is -2.24. The third-order valence-electron chi connectivity index (χ3n) is 5.97. The van der Waals surface area contributed by atoms with Crippen molar-refractivity contribution in [2.75, 3.05) is 7.11 Å². The molecule has 0 N–H and O–H groups in total. The molecule has 0 spiro atoms. The Balaban J connectivity index is 1.90. The molecule has 7 nitrogen and oxygen atoms in total. The van der Waals surface area contributed by atoms with Crippen molar-refractivity contribution >= 4 is 34.2 Å². The number of rotatable bonds is 6. The van der Waals surface area contributed by atoms with Crippen LogP contribution in [0.15, 0.2) is 89.7 Å². The third kappa shape index (κ3) is 3.97. The molecule has 0 atom stereocenters. The highest BCUT2D eigenvalue weighted by Crippen LogP contribution is 2.36. The molecule has 35 heavy (non-hydrogen) atoms. The molecule has 5 aromatic rings. The van der Waals surface area contributed by atoms with E-state index < -0.39 is 6.16 Å². The van der Waals surface area contributed by atoms with E-state index in [-0.39, 0.29) is 17.9 Å². The van der Waals surface area contributed by atoms with E-state index in [0.29, 0.717) is 28.7 Å². The van der Waals surface area contributed by atoms with Crippen LogP contribution in [0.25, 0.3) is 33.1 Å². The van der Waals surface area contributed by atoms with Crippen LogP contribution in [0.5, 0.6) is 5.75 Å². The Morgan fingerprint density at radius 3 is 2.26 bits per heavy atom. The summed E-state index contributed by atoms with van der Waals surface area (Å²) >= 11 is 0. The van der Waals surface area contributed by atoms with Crippen LogP contribution in [0.2, 0.25) is 0 Å². The number of methoxy groups -OCH3 is 1. The number of hydrogen-bond acceptors (Lipinski definition) is 5. The average molecular weight is 466 g/mol. The van der Waals surface area contributed by atoms with Crippen LogP contribution in [0.4, 0.5) is 4.79 Å². The standard InChI is InChI=1S/C28H22N2O5/c1-34-28(33)35-24-14-8-13-21-22-17-23(20-11-6-3-7-12-20)29(15-16-31)27(32)26(22)30(25(21)24)18-19-9-4-2-5-10-19/h2-14,16-17H,15,18H2,1H3. The molecule has 0 saturated heterocycles. The van der Waals surface area contributed by atoms with E-state index in [1.54, 1.807) is 12.1 Å². The third-order valence-corrected chi connectivity index (χ3v) is 5.97. The van der Waals surface area contributed by atoms with Gasteiger partial charge in [0.25, 0.3) is 5.56 Å². The monoisotopic (exact) mass is 466 g/mol. The maximum absolute atomic E-state index is 13.9. The van der Waals surface area contributed by atoms with Gasteiger partial charge in [-0.3, -0.25) is 9.36 Å². The molecule has 2 heterocycles. The van der Waals surface area contributed by atoms with Crippen molar-refractivity contribution in [1.82, 2.24) is 9.13 Å². The normalized spacial score (nSPS) is 11.0. The fourth-order valence-electron chi connectivity index (χ4n) is 4.47. The van der Waals surface area contributed by atoms with Gasteiger partial charge >= 0.3 is 6.16 Å². The van der Waals surface area contributed by atoms with Gasteiger partial charge in [0.2, 0.25) is 0 Å². The molecular weight excluding hydrogens is 444 g/mol. The molecule has 0 bridgehead atoms. The molecule has 0 aliphatic carbocycles. The van der Waals surface area contributed by atoms with Gasteiger partial charge in [0.15, 0.2) is 5.75 Å². The van der Waals surface area contributed by atoms with Gasteiger partial charge in [-0.1, -0.05) is 72.8 Å². The van der Waals surface area contributed by atoms with Crippen molar-refractivity contribution in [3.8, 4) is 17.0 Å². The molecule has 0 unspecified atom stereocenters. The summed E-state index contributed by atoms with van der Waals surface area (Å²) in [6.07, 6.45) is -0.132. The summed E-state index contributed by atoms with van der Waals surface area (Å²) in [6, 6.07) is 26.4. The second-order valence-corrected chi connectivity index (χ2v) is 8.02. The van der Waals surface area contributed by atoms with Crippen LogP contribution in [0, 0.1) is 0 Å². The van der Waals surface area contributed by atoms with E-state index in [1.165, 1.54) is 11.7 Å². The highest BCUT2D eigenvalue weighted by molar-refractivity contribution is 6.11. The lowest BCUT2D eigenvalue weighted by atomic mass is 10.1. The Kier molecular flexibility index (Phi) is 5.89. The van der Waals surface area contributed by atoms with Crippen LogP contribution in [0.3, 0.4) is 0 Å². The molecular formula is C28H22N2O5. The predicted octanol–water partition coefficient (Wildman–Crippen LogP) is 5.02. The van der Waals surface area contributed by atoms with E-state index in [1.807, 2.05) is 77.4 Å². The maximum Gasteiger partial charge on any atom is 0.513 e. The number of benzene rings is 3. The van der Waals surface area contributed by atoms with Crippen molar-refractivity contribution in [3.63, 3.8) is 0 Å². The zero-order chi connectivity index (χ0) is 24.4. The minimum atomic E-state index is -0.850. The van der Waals surface area contributed by atoms with Crippen LogP contribution >= 0.6 is 0 Å². The number of carbonyl (C=O) groups is 2. The van der Waals surface area contributed by atoms with Crippen LogP contribution in [-0.2, 0) is 22.6 Å². The Morgan fingerprint density at radius 1 is 0.857 bits per heavy atom. The number of fused-ring (bicyclic) bond motifs is 3. The zero-order valence-electron chi connectivity index (χ0n) is 19.0. The Morgan fingerprint density at radius 2 is 1.57 bits per heavy atom. The van der Waals surface area contributed by atoms with Crippen molar-refractivity contribution in [1.29, 1.82) is 0 Å². The summed E-state index contributed by atoms with van der Waals surface area (Å²) in [6.45, 7) is 0.279. The number of carbonyl (C=O) groups excluding carboxylic acids is 2.